The van der Waals surface area contributed by atoms with Crippen molar-refractivity contribution in [3.63, 3.8) is 0 Å². The Kier molecular flexibility index (Phi) is 4.00. The third-order valence-electron chi connectivity index (χ3n) is 5.46. The zero-order valence-electron chi connectivity index (χ0n) is 14.5. The van der Waals surface area contributed by atoms with E-state index in [1.165, 1.54) is 0 Å². The van der Waals surface area contributed by atoms with Crippen LogP contribution < -0.4 is 5.73 Å². The first-order valence-corrected chi connectivity index (χ1v) is 8.88. The average Bonchev–Trinajstić information content (AvgIpc) is 2.94. The van der Waals surface area contributed by atoms with Crippen molar-refractivity contribution in [3.05, 3.63) is 47.7 Å². The minimum Gasteiger partial charge on any atom is -0.383 e. The van der Waals surface area contributed by atoms with Gasteiger partial charge in [-0.1, -0.05) is 30.3 Å². The molecule has 2 aliphatic rings. The first-order chi connectivity index (χ1) is 12.1. The van der Waals surface area contributed by atoms with Gasteiger partial charge in [0.25, 0.3) is 5.91 Å². The molecule has 1 aromatic heterocycles. The van der Waals surface area contributed by atoms with Gasteiger partial charge in [0.05, 0.1) is 31.0 Å². The maximum absolute atomic E-state index is 13.2. The highest BCUT2D eigenvalue weighted by Gasteiger charge is 2.48. The van der Waals surface area contributed by atoms with E-state index in [2.05, 4.69) is 5.10 Å². The fourth-order valence-corrected chi connectivity index (χ4v) is 3.76. The molecule has 6 nitrogen and oxygen atoms in total. The molecule has 1 spiro atoms. The highest BCUT2D eigenvalue weighted by Crippen LogP contribution is 2.41. The molecule has 2 aromatic rings. The number of nitrogens with zero attached hydrogens (tertiary/aromatic N) is 3. The van der Waals surface area contributed by atoms with E-state index in [0.717, 1.165) is 24.8 Å². The number of amides is 1. The number of hydrogen-bond donors (Lipinski definition) is 1. The van der Waals surface area contributed by atoms with Crippen LogP contribution in [0.1, 0.15) is 42.1 Å². The normalized spacial score (nSPS) is 22.0. The monoisotopic (exact) mass is 340 g/mol. The van der Waals surface area contributed by atoms with Gasteiger partial charge in [-0.3, -0.25) is 4.79 Å². The number of rotatable bonds is 3. The Labute approximate surface area is 147 Å². The van der Waals surface area contributed by atoms with Crippen molar-refractivity contribution in [2.45, 2.75) is 44.4 Å². The second-order valence-corrected chi connectivity index (χ2v) is 7.20. The van der Waals surface area contributed by atoms with Gasteiger partial charge in [0, 0.05) is 6.54 Å². The van der Waals surface area contributed by atoms with Gasteiger partial charge < -0.3 is 15.4 Å². The zero-order valence-corrected chi connectivity index (χ0v) is 14.5. The van der Waals surface area contributed by atoms with Crippen molar-refractivity contribution in [1.82, 2.24) is 14.7 Å². The summed E-state index contributed by atoms with van der Waals surface area (Å²) in [5.74, 6) is 0.411. The van der Waals surface area contributed by atoms with Gasteiger partial charge in [-0.15, -0.1) is 0 Å². The number of benzene rings is 1. The van der Waals surface area contributed by atoms with E-state index >= 15 is 0 Å². The predicted molar refractivity (Wildman–Crippen MR) is 95.2 cm³/mol. The molecule has 1 atom stereocenters. The number of nitrogens with two attached hydrogens (primary N) is 1. The van der Waals surface area contributed by atoms with Gasteiger partial charge in [0.2, 0.25) is 0 Å². The van der Waals surface area contributed by atoms with E-state index in [-0.39, 0.29) is 17.6 Å². The number of aromatic nitrogens is 2. The standard InChI is InChI=1S/C19H24N4O2/c1-14-11-22(19(13-25-14)8-5-9-19)18(24)16-10-21-23(17(16)20)12-15-6-3-2-4-7-15/h2-4,6-7,10,14H,5,8-9,11-13,20H2,1H3. The molecule has 6 heteroatoms. The SMILES string of the molecule is CC1CN(C(=O)c2cnn(Cc3ccccc3)c2N)C2(CCC2)CO1. The molecular weight excluding hydrogens is 316 g/mol. The number of carbonyl (C=O) groups excluding carboxylic acids is 1. The molecule has 1 aliphatic heterocycles. The van der Waals surface area contributed by atoms with Gasteiger partial charge in [0.15, 0.2) is 0 Å². The Bertz CT molecular complexity index is 767. The Morgan fingerprint density at radius 3 is 2.80 bits per heavy atom. The number of hydrogen-bond acceptors (Lipinski definition) is 4. The summed E-state index contributed by atoms with van der Waals surface area (Å²) in [6.07, 6.45) is 4.81. The number of carbonyl (C=O) groups is 1. The van der Waals surface area contributed by atoms with Crippen LogP contribution in [-0.2, 0) is 11.3 Å². The molecular formula is C19H24N4O2. The van der Waals surface area contributed by atoms with Crippen LogP contribution in [0.4, 0.5) is 5.82 Å². The summed E-state index contributed by atoms with van der Waals surface area (Å²) < 4.78 is 7.51. The van der Waals surface area contributed by atoms with E-state index in [1.54, 1.807) is 10.9 Å². The number of anilines is 1. The van der Waals surface area contributed by atoms with Gasteiger partial charge in [-0.2, -0.15) is 5.10 Å². The first-order valence-electron chi connectivity index (χ1n) is 8.88. The molecule has 4 rings (SSSR count). The van der Waals surface area contributed by atoms with Crippen molar-refractivity contribution in [3.8, 4) is 0 Å². The summed E-state index contributed by atoms with van der Waals surface area (Å²) in [5, 5.41) is 4.35. The summed E-state index contributed by atoms with van der Waals surface area (Å²) in [4.78, 5) is 15.2. The highest BCUT2D eigenvalue weighted by atomic mass is 16.5. The molecule has 0 bridgehead atoms. The lowest BCUT2D eigenvalue weighted by Crippen LogP contribution is -2.64. The smallest absolute Gasteiger partial charge is 0.259 e. The van der Waals surface area contributed by atoms with Gasteiger partial charge in [-0.05, 0) is 31.7 Å². The van der Waals surface area contributed by atoms with Crippen LogP contribution >= 0.6 is 0 Å². The molecule has 1 amide bonds. The van der Waals surface area contributed by atoms with E-state index in [0.29, 0.717) is 31.1 Å². The molecule has 2 fully saturated rings. The Balaban J connectivity index is 1.58. The summed E-state index contributed by atoms with van der Waals surface area (Å²) in [6.45, 7) is 3.80. The quantitative estimate of drug-likeness (QED) is 0.930. The minimum atomic E-state index is -0.141. The van der Waals surface area contributed by atoms with Gasteiger partial charge in [-0.25, -0.2) is 4.68 Å². The van der Waals surface area contributed by atoms with Gasteiger partial charge >= 0.3 is 0 Å². The van der Waals surface area contributed by atoms with Crippen molar-refractivity contribution in [2.75, 3.05) is 18.9 Å². The minimum absolute atomic E-state index is 0.0216. The fourth-order valence-electron chi connectivity index (χ4n) is 3.76. The lowest BCUT2D eigenvalue weighted by molar-refractivity contribution is -0.118. The summed E-state index contributed by atoms with van der Waals surface area (Å²) in [5.41, 5.74) is 7.72. The average molecular weight is 340 g/mol. The van der Waals surface area contributed by atoms with Crippen molar-refractivity contribution < 1.29 is 9.53 Å². The number of ether oxygens (including phenoxy) is 1. The number of nitrogen functional groups attached to an aromatic ring is 1. The molecule has 25 heavy (non-hydrogen) atoms. The predicted octanol–water partition coefficient (Wildman–Crippen LogP) is 2.30. The van der Waals surface area contributed by atoms with E-state index in [4.69, 9.17) is 10.5 Å². The summed E-state index contributed by atoms with van der Waals surface area (Å²) >= 11 is 0. The van der Waals surface area contributed by atoms with Crippen molar-refractivity contribution >= 4 is 11.7 Å². The molecule has 1 unspecified atom stereocenters. The molecule has 132 valence electrons. The molecule has 1 saturated carbocycles. The topological polar surface area (TPSA) is 73.4 Å². The number of morpholine rings is 1. The summed E-state index contributed by atoms with van der Waals surface area (Å²) in [7, 11) is 0. The first kappa shape index (κ1) is 16.1. The van der Waals surface area contributed by atoms with E-state index < -0.39 is 0 Å². The molecule has 1 saturated heterocycles. The van der Waals surface area contributed by atoms with Crippen LogP contribution in [0.5, 0.6) is 0 Å². The lowest BCUT2D eigenvalue weighted by Gasteiger charge is -2.54. The molecule has 2 heterocycles. The Hall–Kier alpha value is -2.34. The largest absolute Gasteiger partial charge is 0.383 e. The van der Waals surface area contributed by atoms with E-state index in [9.17, 15) is 4.79 Å². The van der Waals surface area contributed by atoms with Crippen molar-refractivity contribution in [1.29, 1.82) is 0 Å². The Morgan fingerprint density at radius 1 is 1.36 bits per heavy atom. The lowest BCUT2D eigenvalue weighted by atomic mass is 9.74. The fraction of sp³-hybridized carbons (Fsp3) is 0.474. The van der Waals surface area contributed by atoms with Crippen LogP contribution in [0, 0.1) is 0 Å². The molecule has 1 aliphatic carbocycles. The van der Waals surface area contributed by atoms with Crippen LogP contribution in [0.2, 0.25) is 0 Å². The molecule has 0 radical (unpaired) electrons. The van der Waals surface area contributed by atoms with Crippen LogP contribution in [-0.4, -0.2) is 45.4 Å². The Morgan fingerprint density at radius 2 is 2.12 bits per heavy atom. The van der Waals surface area contributed by atoms with Crippen LogP contribution in [0.3, 0.4) is 0 Å². The second kappa shape index (κ2) is 6.19. The molecule has 1 aromatic carbocycles. The summed E-state index contributed by atoms with van der Waals surface area (Å²) in [6, 6.07) is 9.99. The molecule has 2 N–H and O–H groups in total. The van der Waals surface area contributed by atoms with Crippen molar-refractivity contribution in [2.24, 2.45) is 0 Å². The van der Waals surface area contributed by atoms with E-state index in [1.807, 2.05) is 42.2 Å². The highest BCUT2D eigenvalue weighted by molar-refractivity contribution is 5.98. The second-order valence-electron chi connectivity index (χ2n) is 7.20. The van der Waals surface area contributed by atoms with Gasteiger partial charge in [0.1, 0.15) is 11.4 Å². The maximum atomic E-state index is 13.2. The zero-order chi connectivity index (χ0) is 17.4. The van der Waals surface area contributed by atoms with Crippen LogP contribution in [0.25, 0.3) is 0 Å². The third-order valence-corrected chi connectivity index (χ3v) is 5.46. The van der Waals surface area contributed by atoms with Crippen LogP contribution in [0.15, 0.2) is 36.5 Å². The maximum Gasteiger partial charge on any atom is 0.259 e. The third kappa shape index (κ3) is 2.80.